The van der Waals surface area contributed by atoms with Crippen LogP contribution in [0.2, 0.25) is 0 Å². The molecule has 1 heteroatoms. The minimum Gasteiger partial charge on any atom is -0.256 e. The van der Waals surface area contributed by atoms with Crippen LogP contribution in [0.15, 0.2) is 48.7 Å². The van der Waals surface area contributed by atoms with Gasteiger partial charge >= 0.3 is 0 Å². The molecule has 0 spiro atoms. The van der Waals surface area contributed by atoms with E-state index in [2.05, 4.69) is 57.8 Å². The first-order chi connectivity index (χ1) is 9.21. The molecule has 0 saturated carbocycles. The minimum absolute atomic E-state index is 1.07. The Kier molecular flexibility index (Phi) is 10.5. The van der Waals surface area contributed by atoms with E-state index in [9.17, 15) is 0 Å². The highest BCUT2D eigenvalue weighted by Crippen LogP contribution is 2.19. The normalized spacial score (nSPS) is 8.68. The molecule has 0 amide bonds. The van der Waals surface area contributed by atoms with Gasteiger partial charge in [0.25, 0.3) is 0 Å². The SMILES string of the molecule is CCC.CCC.Cc1cccnc1-c1ccccc1. The van der Waals surface area contributed by atoms with E-state index in [0.717, 1.165) is 5.69 Å². The molecule has 1 nitrogen and oxygen atoms in total. The molecule has 0 atom stereocenters. The van der Waals surface area contributed by atoms with Gasteiger partial charge in [-0.3, -0.25) is 4.98 Å². The van der Waals surface area contributed by atoms with E-state index < -0.39 is 0 Å². The van der Waals surface area contributed by atoms with Crippen molar-refractivity contribution < 1.29 is 0 Å². The molecule has 2 aromatic rings. The topological polar surface area (TPSA) is 12.9 Å². The summed E-state index contributed by atoms with van der Waals surface area (Å²) in [6, 6.07) is 14.3. The molecule has 0 aliphatic carbocycles. The molecule has 2 rings (SSSR count). The fraction of sp³-hybridized carbons (Fsp3) is 0.389. The average Bonchev–Trinajstić information content (AvgIpc) is 2.42. The molecule has 0 aliphatic heterocycles. The van der Waals surface area contributed by atoms with Gasteiger partial charge in [-0.05, 0) is 18.6 Å². The molecule has 0 unspecified atom stereocenters. The number of rotatable bonds is 1. The van der Waals surface area contributed by atoms with E-state index in [4.69, 9.17) is 0 Å². The Balaban J connectivity index is 0.000000465. The molecule has 0 bridgehead atoms. The lowest BCUT2D eigenvalue weighted by molar-refractivity contribution is 1.09. The molecule has 19 heavy (non-hydrogen) atoms. The second-order valence-electron chi connectivity index (χ2n) is 4.45. The molecular weight excluding hydrogens is 230 g/mol. The number of nitrogens with zero attached hydrogens (tertiary/aromatic N) is 1. The maximum absolute atomic E-state index is 4.35. The highest BCUT2D eigenvalue weighted by molar-refractivity contribution is 5.62. The van der Waals surface area contributed by atoms with Crippen LogP contribution in [0.25, 0.3) is 11.3 Å². The van der Waals surface area contributed by atoms with Crippen LogP contribution in [0, 0.1) is 6.92 Å². The second kappa shape index (κ2) is 11.5. The molecule has 0 saturated heterocycles. The van der Waals surface area contributed by atoms with Gasteiger partial charge in [0, 0.05) is 11.8 Å². The lowest BCUT2D eigenvalue weighted by Crippen LogP contribution is -1.85. The number of hydrogen-bond acceptors (Lipinski definition) is 1. The third kappa shape index (κ3) is 7.40. The van der Waals surface area contributed by atoms with E-state index in [1.807, 2.05) is 30.5 Å². The van der Waals surface area contributed by atoms with Gasteiger partial charge in [0.15, 0.2) is 0 Å². The van der Waals surface area contributed by atoms with Crippen LogP contribution < -0.4 is 0 Å². The second-order valence-corrected chi connectivity index (χ2v) is 4.45. The van der Waals surface area contributed by atoms with E-state index in [1.165, 1.54) is 24.0 Å². The van der Waals surface area contributed by atoms with Gasteiger partial charge in [-0.15, -0.1) is 0 Å². The largest absolute Gasteiger partial charge is 0.256 e. The Labute approximate surface area is 118 Å². The first-order valence-corrected chi connectivity index (χ1v) is 7.18. The van der Waals surface area contributed by atoms with Crippen molar-refractivity contribution in [1.82, 2.24) is 4.98 Å². The van der Waals surface area contributed by atoms with Crippen molar-refractivity contribution >= 4 is 0 Å². The summed E-state index contributed by atoms with van der Waals surface area (Å²) in [7, 11) is 0. The summed E-state index contributed by atoms with van der Waals surface area (Å²) in [4.78, 5) is 4.35. The van der Waals surface area contributed by atoms with Crippen molar-refractivity contribution in [2.75, 3.05) is 0 Å². The Morgan fingerprint density at radius 3 is 1.79 bits per heavy atom. The fourth-order valence-corrected chi connectivity index (χ4v) is 1.38. The predicted octanol–water partition coefficient (Wildman–Crippen LogP) is 5.89. The van der Waals surface area contributed by atoms with Crippen LogP contribution in [0.4, 0.5) is 0 Å². The fourth-order valence-electron chi connectivity index (χ4n) is 1.38. The number of benzene rings is 1. The lowest BCUT2D eigenvalue weighted by atomic mass is 10.1. The zero-order valence-electron chi connectivity index (χ0n) is 13.0. The van der Waals surface area contributed by atoms with Gasteiger partial charge in [0.05, 0.1) is 5.69 Å². The van der Waals surface area contributed by atoms with E-state index in [1.54, 1.807) is 0 Å². The summed E-state index contributed by atoms with van der Waals surface area (Å²) in [5.41, 5.74) is 3.47. The summed E-state index contributed by atoms with van der Waals surface area (Å²) in [6.07, 6.45) is 4.33. The highest BCUT2D eigenvalue weighted by Gasteiger charge is 1.99. The zero-order valence-corrected chi connectivity index (χ0v) is 13.0. The van der Waals surface area contributed by atoms with Crippen LogP contribution in [-0.4, -0.2) is 4.98 Å². The molecule has 0 aliphatic rings. The lowest BCUT2D eigenvalue weighted by Gasteiger charge is -2.02. The van der Waals surface area contributed by atoms with E-state index in [0.29, 0.717) is 0 Å². The van der Waals surface area contributed by atoms with Gasteiger partial charge in [-0.25, -0.2) is 0 Å². The molecule has 1 aromatic heterocycles. The summed E-state index contributed by atoms with van der Waals surface area (Å²) in [5.74, 6) is 0. The van der Waals surface area contributed by atoms with Crippen molar-refractivity contribution in [2.24, 2.45) is 0 Å². The maximum atomic E-state index is 4.35. The third-order valence-electron chi connectivity index (χ3n) is 2.06. The zero-order chi connectivity index (χ0) is 14.5. The Morgan fingerprint density at radius 1 is 0.789 bits per heavy atom. The highest BCUT2D eigenvalue weighted by atomic mass is 14.7. The molecule has 1 heterocycles. The van der Waals surface area contributed by atoms with E-state index >= 15 is 0 Å². The monoisotopic (exact) mass is 257 g/mol. The van der Waals surface area contributed by atoms with Gasteiger partial charge in [0.2, 0.25) is 0 Å². The smallest absolute Gasteiger partial charge is 0.0731 e. The Bertz CT molecular complexity index is 419. The quantitative estimate of drug-likeness (QED) is 0.620. The first-order valence-electron chi connectivity index (χ1n) is 7.18. The van der Waals surface area contributed by atoms with Crippen LogP contribution in [0.5, 0.6) is 0 Å². The number of aryl methyl sites for hydroxylation is 1. The molecular formula is C18H27N. The molecule has 104 valence electrons. The predicted molar refractivity (Wildman–Crippen MR) is 86.3 cm³/mol. The Hall–Kier alpha value is -1.63. The van der Waals surface area contributed by atoms with Crippen molar-refractivity contribution in [1.29, 1.82) is 0 Å². The Morgan fingerprint density at radius 2 is 1.32 bits per heavy atom. The van der Waals surface area contributed by atoms with Crippen molar-refractivity contribution in [2.45, 2.75) is 47.5 Å². The van der Waals surface area contributed by atoms with Crippen molar-refractivity contribution in [3.05, 3.63) is 54.2 Å². The van der Waals surface area contributed by atoms with Gasteiger partial charge in [-0.1, -0.05) is 76.9 Å². The first kappa shape index (κ1) is 17.4. The summed E-state index contributed by atoms with van der Waals surface area (Å²) in [5, 5.41) is 0. The molecule has 0 N–H and O–H groups in total. The number of pyridine rings is 1. The maximum Gasteiger partial charge on any atom is 0.0731 e. The third-order valence-corrected chi connectivity index (χ3v) is 2.06. The van der Waals surface area contributed by atoms with Gasteiger partial charge < -0.3 is 0 Å². The number of aromatic nitrogens is 1. The van der Waals surface area contributed by atoms with Gasteiger partial charge in [-0.2, -0.15) is 0 Å². The standard InChI is InChI=1S/C12H11N.2C3H8/c1-10-6-5-9-13-12(10)11-7-3-2-4-8-11;2*1-3-2/h2-9H,1H3;2*3H2,1-2H3. The van der Waals surface area contributed by atoms with Crippen LogP contribution in [-0.2, 0) is 0 Å². The van der Waals surface area contributed by atoms with Crippen LogP contribution in [0.3, 0.4) is 0 Å². The average molecular weight is 257 g/mol. The molecule has 0 fully saturated rings. The molecule has 0 radical (unpaired) electrons. The summed E-state index contributed by atoms with van der Waals surface area (Å²) < 4.78 is 0. The summed E-state index contributed by atoms with van der Waals surface area (Å²) >= 11 is 0. The van der Waals surface area contributed by atoms with Gasteiger partial charge in [0.1, 0.15) is 0 Å². The summed E-state index contributed by atoms with van der Waals surface area (Å²) in [6.45, 7) is 10.6. The van der Waals surface area contributed by atoms with Crippen LogP contribution in [0.1, 0.15) is 46.1 Å². The van der Waals surface area contributed by atoms with Crippen molar-refractivity contribution in [3.8, 4) is 11.3 Å². The van der Waals surface area contributed by atoms with E-state index in [-0.39, 0.29) is 0 Å². The van der Waals surface area contributed by atoms with Crippen molar-refractivity contribution in [3.63, 3.8) is 0 Å². The minimum atomic E-state index is 1.07. The van der Waals surface area contributed by atoms with Crippen LogP contribution >= 0.6 is 0 Å². The number of hydrogen-bond donors (Lipinski definition) is 0. The molecule has 1 aromatic carbocycles.